The van der Waals surface area contributed by atoms with Gasteiger partial charge in [0, 0.05) is 37.9 Å². The van der Waals surface area contributed by atoms with Crippen molar-refractivity contribution in [2.75, 3.05) is 13.1 Å². The Hall–Kier alpha value is -3.28. The molecule has 3 aromatic heterocycles. The van der Waals surface area contributed by atoms with Gasteiger partial charge in [-0.3, -0.25) is 19.0 Å². The maximum Gasteiger partial charge on any atom is 0.270 e. The minimum absolute atomic E-state index is 0.103. The summed E-state index contributed by atoms with van der Waals surface area (Å²) in [5.41, 5.74) is 4.81. The molecule has 27 heavy (non-hydrogen) atoms. The van der Waals surface area contributed by atoms with Gasteiger partial charge in [0.05, 0.1) is 0 Å². The van der Waals surface area contributed by atoms with E-state index in [0.29, 0.717) is 18.7 Å². The second-order valence-corrected chi connectivity index (χ2v) is 6.83. The van der Waals surface area contributed by atoms with Crippen molar-refractivity contribution < 1.29 is 4.79 Å². The molecule has 4 rings (SSSR count). The van der Waals surface area contributed by atoms with Crippen LogP contribution >= 0.6 is 0 Å². The quantitative estimate of drug-likeness (QED) is 0.705. The zero-order valence-electron chi connectivity index (χ0n) is 15.3. The molecule has 0 aromatic carbocycles. The van der Waals surface area contributed by atoms with E-state index < -0.39 is 0 Å². The fourth-order valence-corrected chi connectivity index (χ4v) is 3.39. The van der Waals surface area contributed by atoms with Crippen molar-refractivity contribution in [3.63, 3.8) is 0 Å². The van der Waals surface area contributed by atoms with Crippen molar-refractivity contribution in [3.05, 3.63) is 81.7 Å². The molecule has 0 N–H and O–H groups in total. The summed E-state index contributed by atoms with van der Waals surface area (Å²) in [6.45, 7) is 5.03. The van der Waals surface area contributed by atoms with Crippen LogP contribution in [0, 0.1) is 13.8 Å². The Kier molecular flexibility index (Phi) is 4.32. The molecule has 0 bridgehead atoms. The normalized spacial score (nSPS) is 14.3. The molecule has 1 amide bonds. The highest BCUT2D eigenvalue weighted by atomic mass is 16.2. The first kappa shape index (κ1) is 17.1. The summed E-state index contributed by atoms with van der Waals surface area (Å²) >= 11 is 0. The zero-order valence-corrected chi connectivity index (χ0v) is 15.3. The number of carbonyl (C=O) groups is 1. The molecule has 136 valence electrons. The first-order chi connectivity index (χ1) is 13.0. The van der Waals surface area contributed by atoms with Crippen LogP contribution in [-0.4, -0.2) is 38.3 Å². The third-order valence-electron chi connectivity index (χ3n) is 4.98. The molecule has 3 aromatic rings. The molecule has 6 nitrogen and oxygen atoms in total. The largest absolute Gasteiger partial charge is 0.334 e. The standard InChI is InChI=1S/C21H20N4O2/c1-14-4-10-25-19(11-14)23-13-18(21(25)27)20(26)24-8-5-16(6-9-24)17-12-22-7-3-15(17)2/h3-5,7,10-13H,6,8-9H2,1-2H3. The summed E-state index contributed by atoms with van der Waals surface area (Å²) in [5.74, 6) is -0.277. The van der Waals surface area contributed by atoms with Gasteiger partial charge in [0.25, 0.3) is 11.5 Å². The molecule has 0 atom stereocenters. The van der Waals surface area contributed by atoms with Crippen LogP contribution < -0.4 is 5.56 Å². The van der Waals surface area contributed by atoms with Crippen LogP contribution in [0.4, 0.5) is 0 Å². The Morgan fingerprint density at radius 1 is 1.19 bits per heavy atom. The van der Waals surface area contributed by atoms with Crippen LogP contribution in [0.1, 0.15) is 33.5 Å². The van der Waals surface area contributed by atoms with Gasteiger partial charge in [0.1, 0.15) is 11.2 Å². The number of amides is 1. The first-order valence-electron chi connectivity index (χ1n) is 8.92. The Bertz CT molecular complexity index is 1130. The predicted octanol–water partition coefficient (Wildman–Crippen LogP) is 2.64. The molecule has 0 fully saturated rings. The van der Waals surface area contributed by atoms with Crippen molar-refractivity contribution in [1.29, 1.82) is 0 Å². The Balaban J connectivity index is 1.61. The van der Waals surface area contributed by atoms with Gasteiger partial charge in [0.15, 0.2) is 0 Å². The highest BCUT2D eigenvalue weighted by Gasteiger charge is 2.23. The highest BCUT2D eigenvalue weighted by Crippen LogP contribution is 2.24. The van der Waals surface area contributed by atoms with Crippen LogP contribution in [0.2, 0.25) is 0 Å². The van der Waals surface area contributed by atoms with Crippen LogP contribution in [0.3, 0.4) is 0 Å². The average molecular weight is 360 g/mol. The van der Waals surface area contributed by atoms with E-state index in [2.05, 4.69) is 16.9 Å². The maximum atomic E-state index is 12.9. The molecule has 0 spiro atoms. The van der Waals surface area contributed by atoms with Gasteiger partial charge in [-0.05, 0) is 60.7 Å². The lowest BCUT2D eigenvalue weighted by Crippen LogP contribution is -2.38. The van der Waals surface area contributed by atoms with Gasteiger partial charge >= 0.3 is 0 Å². The van der Waals surface area contributed by atoms with E-state index in [1.54, 1.807) is 17.3 Å². The van der Waals surface area contributed by atoms with Gasteiger partial charge in [-0.1, -0.05) is 6.08 Å². The number of aryl methyl sites for hydroxylation is 2. The second kappa shape index (κ2) is 6.79. The van der Waals surface area contributed by atoms with E-state index in [-0.39, 0.29) is 17.0 Å². The molecular formula is C21H20N4O2. The van der Waals surface area contributed by atoms with Gasteiger partial charge in [-0.15, -0.1) is 0 Å². The Labute approximate surface area is 156 Å². The summed E-state index contributed by atoms with van der Waals surface area (Å²) in [6, 6.07) is 5.63. The van der Waals surface area contributed by atoms with E-state index in [9.17, 15) is 9.59 Å². The number of rotatable bonds is 2. The topological polar surface area (TPSA) is 67.6 Å². The Morgan fingerprint density at radius 2 is 2.04 bits per heavy atom. The number of hydrogen-bond donors (Lipinski definition) is 0. The third kappa shape index (κ3) is 3.14. The van der Waals surface area contributed by atoms with E-state index in [1.165, 1.54) is 21.7 Å². The van der Waals surface area contributed by atoms with E-state index in [1.807, 2.05) is 37.4 Å². The van der Waals surface area contributed by atoms with Crippen molar-refractivity contribution in [1.82, 2.24) is 19.3 Å². The minimum Gasteiger partial charge on any atom is -0.334 e. The molecule has 0 radical (unpaired) electrons. The van der Waals surface area contributed by atoms with Crippen LogP contribution in [-0.2, 0) is 0 Å². The number of nitrogens with zero attached hydrogens (tertiary/aromatic N) is 4. The van der Waals surface area contributed by atoms with Gasteiger partial charge in [-0.2, -0.15) is 0 Å². The zero-order chi connectivity index (χ0) is 19.0. The van der Waals surface area contributed by atoms with Crippen molar-refractivity contribution in [2.45, 2.75) is 20.3 Å². The summed E-state index contributed by atoms with van der Waals surface area (Å²) in [4.78, 5) is 35.7. The summed E-state index contributed by atoms with van der Waals surface area (Å²) < 4.78 is 1.42. The number of pyridine rings is 2. The summed E-state index contributed by atoms with van der Waals surface area (Å²) in [5, 5.41) is 0. The van der Waals surface area contributed by atoms with Crippen LogP contribution in [0.15, 0.2) is 53.9 Å². The number of hydrogen-bond acceptors (Lipinski definition) is 4. The molecule has 0 unspecified atom stereocenters. The molecule has 6 heteroatoms. The third-order valence-corrected chi connectivity index (χ3v) is 4.98. The fourth-order valence-electron chi connectivity index (χ4n) is 3.39. The van der Waals surface area contributed by atoms with Gasteiger partial charge in [0.2, 0.25) is 0 Å². The van der Waals surface area contributed by atoms with E-state index in [4.69, 9.17) is 0 Å². The molecule has 0 aliphatic carbocycles. The molecule has 1 aliphatic heterocycles. The fraction of sp³-hybridized carbons (Fsp3) is 0.238. The minimum atomic E-state index is -0.331. The van der Waals surface area contributed by atoms with E-state index in [0.717, 1.165) is 17.5 Å². The van der Waals surface area contributed by atoms with Crippen molar-refractivity contribution in [2.24, 2.45) is 0 Å². The smallest absolute Gasteiger partial charge is 0.270 e. The predicted molar refractivity (Wildman–Crippen MR) is 104 cm³/mol. The SMILES string of the molecule is Cc1ccn2c(=O)c(C(=O)N3CC=C(c4cnccc4C)CC3)cnc2c1. The highest BCUT2D eigenvalue weighted by molar-refractivity contribution is 5.94. The van der Waals surface area contributed by atoms with Gasteiger partial charge < -0.3 is 4.90 Å². The number of fused-ring (bicyclic) bond motifs is 1. The molecule has 4 heterocycles. The first-order valence-corrected chi connectivity index (χ1v) is 8.92. The van der Waals surface area contributed by atoms with Crippen LogP contribution in [0.5, 0.6) is 0 Å². The van der Waals surface area contributed by atoms with E-state index >= 15 is 0 Å². The lowest BCUT2D eigenvalue weighted by molar-refractivity contribution is 0.0770. The monoisotopic (exact) mass is 360 g/mol. The van der Waals surface area contributed by atoms with Crippen molar-refractivity contribution in [3.8, 4) is 0 Å². The molecule has 1 aliphatic rings. The Morgan fingerprint density at radius 3 is 2.78 bits per heavy atom. The molecular weight excluding hydrogens is 340 g/mol. The van der Waals surface area contributed by atoms with Crippen LogP contribution in [0.25, 0.3) is 11.2 Å². The van der Waals surface area contributed by atoms with Crippen molar-refractivity contribution >= 4 is 17.1 Å². The summed E-state index contributed by atoms with van der Waals surface area (Å²) in [7, 11) is 0. The maximum absolute atomic E-state index is 12.9. The lowest BCUT2D eigenvalue weighted by atomic mass is 9.97. The van der Waals surface area contributed by atoms with Gasteiger partial charge in [-0.25, -0.2) is 4.98 Å². The number of aromatic nitrogens is 3. The summed E-state index contributed by atoms with van der Waals surface area (Å²) in [6.07, 6.45) is 9.47. The molecule has 0 saturated carbocycles. The average Bonchev–Trinajstić information content (AvgIpc) is 2.68. The lowest BCUT2D eigenvalue weighted by Gasteiger charge is -2.27. The molecule has 0 saturated heterocycles. The number of carbonyl (C=O) groups excluding carboxylic acids is 1. The second-order valence-electron chi connectivity index (χ2n) is 6.83.